The van der Waals surface area contributed by atoms with E-state index in [0.29, 0.717) is 19.1 Å². The molecule has 0 aliphatic heterocycles. The molecule has 0 bridgehead atoms. The minimum Gasteiger partial charge on any atom is -0.374 e. The summed E-state index contributed by atoms with van der Waals surface area (Å²) < 4.78 is 7.73. The molecule has 0 amide bonds. The summed E-state index contributed by atoms with van der Waals surface area (Å²) in [5.41, 5.74) is 6.00. The van der Waals surface area contributed by atoms with Gasteiger partial charge in [-0.3, -0.25) is 0 Å². The third-order valence-corrected chi connectivity index (χ3v) is 3.50. The Morgan fingerprint density at radius 3 is 2.61 bits per heavy atom. The van der Waals surface area contributed by atoms with Crippen molar-refractivity contribution in [3.8, 4) is 0 Å². The summed E-state index contributed by atoms with van der Waals surface area (Å²) in [7, 11) is 0. The minimum atomic E-state index is -0.303. The van der Waals surface area contributed by atoms with Gasteiger partial charge in [-0.25, -0.2) is 9.67 Å². The summed E-state index contributed by atoms with van der Waals surface area (Å²) in [6.07, 6.45) is 3.16. The third-order valence-electron chi connectivity index (χ3n) is 3.50. The molecule has 2 unspecified atom stereocenters. The van der Waals surface area contributed by atoms with E-state index in [0.717, 1.165) is 12.2 Å². The van der Waals surface area contributed by atoms with Crippen molar-refractivity contribution < 1.29 is 4.74 Å². The Balaban J connectivity index is 2.79. The summed E-state index contributed by atoms with van der Waals surface area (Å²) in [4.78, 5) is 4.30. The summed E-state index contributed by atoms with van der Waals surface area (Å²) >= 11 is 0. The van der Waals surface area contributed by atoms with Gasteiger partial charge in [-0.2, -0.15) is 5.10 Å². The highest BCUT2D eigenvalue weighted by Gasteiger charge is 2.31. The molecule has 1 aromatic rings. The van der Waals surface area contributed by atoms with Gasteiger partial charge in [0.1, 0.15) is 12.2 Å². The molecule has 1 aromatic heterocycles. The van der Waals surface area contributed by atoms with Gasteiger partial charge in [-0.15, -0.1) is 0 Å². The van der Waals surface area contributed by atoms with Gasteiger partial charge in [0.05, 0.1) is 5.60 Å². The van der Waals surface area contributed by atoms with Crippen molar-refractivity contribution in [2.45, 2.75) is 65.1 Å². The summed E-state index contributed by atoms with van der Waals surface area (Å²) in [5, 5.41) is 4.23. The first-order chi connectivity index (χ1) is 8.44. The lowest BCUT2D eigenvalue weighted by Crippen LogP contribution is -2.49. The molecule has 18 heavy (non-hydrogen) atoms. The standard InChI is InChI=1S/C13H26N4O/c1-6-13(5,18-7-2)11(14)8-12-15-9-16-17(12)10(3)4/h9-11H,6-8,14H2,1-5H3. The molecule has 2 atom stereocenters. The SMILES string of the molecule is CCOC(C)(CC)C(N)Cc1ncnn1C(C)C. The Morgan fingerprint density at radius 1 is 1.44 bits per heavy atom. The minimum absolute atomic E-state index is 0.0795. The van der Waals surface area contributed by atoms with Gasteiger partial charge >= 0.3 is 0 Å². The highest BCUT2D eigenvalue weighted by Crippen LogP contribution is 2.21. The van der Waals surface area contributed by atoms with Crippen molar-refractivity contribution in [2.75, 3.05) is 6.61 Å². The summed E-state index contributed by atoms with van der Waals surface area (Å²) in [6, 6.07) is 0.221. The molecule has 0 radical (unpaired) electrons. The van der Waals surface area contributed by atoms with Crippen molar-refractivity contribution in [1.82, 2.24) is 14.8 Å². The molecular weight excluding hydrogens is 228 g/mol. The zero-order chi connectivity index (χ0) is 13.8. The molecule has 0 aromatic carbocycles. The van der Waals surface area contributed by atoms with E-state index >= 15 is 0 Å². The second kappa shape index (κ2) is 6.29. The smallest absolute Gasteiger partial charge is 0.138 e. The number of rotatable bonds is 7. The van der Waals surface area contributed by atoms with Crippen LogP contribution in [-0.2, 0) is 11.2 Å². The van der Waals surface area contributed by atoms with Gasteiger partial charge in [-0.1, -0.05) is 6.92 Å². The molecule has 0 spiro atoms. The van der Waals surface area contributed by atoms with Crippen LogP contribution in [0.2, 0.25) is 0 Å². The molecule has 5 nitrogen and oxygen atoms in total. The molecule has 1 heterocycles. The first-order valence-corrected chi connectivity index (χ1v) is 6.72. The second-order valence-electron chi connectivity index (χ2n) is 5.12. The van der Waals surface area contributed by atoms with E-state index in [1.807, 2.05) is 11.6 Å². The van der Waals surface area contributed by atoms with E-state index in [1.54, 1.807) is 6.33 Å². The van der Waals surface area contributed by atoms with Crippen molar-refractivity contribution in [3.05, 3.63) is 12.2 Å². The molecule has 0 saturated carbocycles. The zero-order valence-electron chi connectivity index (χ0n) is 12.2. The maximum atomic E-state index is 6.30. The molecule has 5 heteroatoms. The van der Waals surface area contributed by atoms with Crippen molar-refractivity contribution in [1.29, 1.82) is 0 Å². The van der Waals surface area contributed by atoms with Crippen LogP contribution in [0, 0.1) is 0 Å². The van der Waals surface area contributed by atoms with Crippen LogP contribution in [0.15, 0.2) is 6.33 Å². The molecule has 2 N–H and O–H groups in total. The Kier molecular flexibility index (Phi) is 5.28. The predicted molar refractivity (Wildman–Crippen MR) is 72.4 cm³/mol. The van der Waals surface area contributed by atoms with Crippen LogP contribution in [0.3, 0.4) is 0 Å². The van der Waals surface area contributed by atoms with E-state index in [1.165, 1.54) is 0 Å². The van der Waals surface area contributed by atoms with Gasteiger partial charge in [0.25, 0.3) is 0 Å². The van der Waals surface area contributed by atoms with Crippen molar-refractivity contribution in [3.63, 3.8) is 0 Å². The molecule has 104 valence electrons. The molecular formula is C13H26N4O. The summed E-state index contributed by atoms with van der Waals surface area (Å²) in [6.45, 7) is 11.0. The topological polar surface area (TPSA) is 66.0 Å². The van der Waals surface area contributed by atoms with Gasteiger partial charge in [0.15, 0.2) is 0 Å². The van der Waals surface area contributed by atoms with Crippen LogP contribution in [0.1, 0.15) is 52.9 Å². The van der Waals surface area contributed by atoms with Crippen molar-refractivity contribution in [2.24, 2.45) is 5.73 Å². The largest absolute Gasteiger partial charge is 0.374 e. The second-order valence-corrected chi connectivity index (χ2v) is 5.12. The number of hydrogen-bond acceptors (Lipinski definition) is 4. The number of nitrogens with two attached hydrogens (primary N) is 1. The fraction of sp³-hybridized carbons (Fsp3) is 0.846. The Morgan fingerprint density at radius 2 is 2.11 bits per heavy atom. The van der Waals surface area contributed by atoms with Gasteiger partial charge in [-0.05, 0) is 34.1 Å². The average molecular weight is 254 g/mol. The average Bonchev–Trinajstić information content (AvgIpc) is 2.77. The van der Waals surface area contributed by atoms with Crippen LogP contribution in [0.25, 0.3) is 0 Å². The van der Waals surface area contributed by atoms with Crippen LogP contribution >= 0.6 is 0 Å². The lowest BCUT2D eigenvalue weighted by molar-refractivity contribution is -0.0467. The maximum Gasteiger partial charge on any atom is 0.138 e. The Bertz CT molecular complexity index is 364. The van der Waals surface area contributed by atoms with E-state index in [9.17, 15) is 0 Å². The predicted octanol–water partition coefficient (Wildman–Crippen LogP) is 1.93. The van der Waals surface area contributed by atoms with Crippen LogP contribution in [0.5, 0.6) is 0 Å². The Labute approximate surface area is 110 Å². The first-order valence-electron chi connectivity index (χ1n) is 6.72. The van der Waals surface area contributed by atoms with E-state index < -0.39 is 0 Å². The van der Waals surface area contributed by atoms with E-state index in [4.69, 9.17) is 10.5 Å². The number of aromatic nitrogens is 3. The highest BCUT2D eigenvalue weighted by atomic mass is 16.5. The number of ether oxygens (including phenoxy) is 1. The van der Waals surface area contributed by atoms with Gasteiger partial charge < -0.3 is 10.5 Å². The van der Waals surface area contributed by atoms with Gasteiger partial charge in [0, 0.05) is 25.1 Å². The lowest BCUT2D eigenvalue weighted by atomic mass is 9.91. The molecule has 1 rings (SSSR count). The lowest BCUT2D eigenvalue weighted by Gasteiger charge is -2.34. The zero-order valence-corrected chi connectivity index (χ0v) is 12.2. The molecule has 0 saturated heterocycles. The highest BCUT2D eigenvalue weighted by molar-refractivity contribution is 4.97. The normalized spacial score (nSPS) is 16.8. The Hall–Kier alpha value is -0.940. The van der Waals surface area contributed by atoms with Crippen LogP contribution < -0.4 is 5.73 Å². The number of nitrogens with zero attached hydrogens (tertiary/aromatic N) is 3. The monoisotopic (exact) mass is 254 g/mol. The van der Waals surface area contributed by atoms with E-state index in [-0.39, 0.29) is 11.6 Å². The van der Waals surface area contributed by atoms with Crippen molar-refractivity contribution >= 4 is 0 Å². The van der Waals surface area contributed by atoms with E-state index in [2.05, 4.69) is 37.8 Å². The summed E-state index contributed by atoms with van der Waals surface area (Å²) in [5.74, 6) is 0.928. The third kappa shape index (κ3) is 3.29. The van der Waals surface area contributed by atoms with Crippen LogP contribution in [-0.4, -0.2) is 33.0 Å². The first kappa shape index (κ1) is 15.1. The molecule has 0 fully saturated rings. The van der Waals surface area contributed by atoms with Crippen LogP contribution in [0.4, 0.5) is 0 Å². The molecule has 0 aliphatic rings. The van der Waals surface area contributed by atoms with Gasteiger partial charge in [0.2, 0.25) is 0 Å². The number of hydrogen-bond donors (Lipinski definition) is 1. The fourth-order valence-electron chi connectivity index (χ4n) is 2.07. The quantitative estimate of drug-likeness (QED) is 0.807. The molecule has 0 aliphatic carbocycles. The maximum absolute atomic E-state index is 6.30. The fourth-order valence-corrected chi connectivity index (χ4v) is 2.07.